The van der Waals surface area contributed by atoms with E-state index >= 15 is 0 Å². The summed E-state index contributed by atoms with van der Waals surface area (Å²) in [6, 6.07) is 1.18. The van der Waals surface area contributed by atoms with Gasteiger partial charge < -0.3 is 9.84 Å². The van der Waals surface area contributed by atoms with Crippen molar-refractivity contribution in [2.75, 3.05) is 13.7 Å². The molecule has 0 aliphatic heterocycles. The lowest BCUT2D eigenvalue weighted by atomic mass is 10.1. The number of hydrogen-bond acceptors (Lipinski definition) is 5. The van der Waals surface area contributed by atoms with Gasteiger partial charge in [-0.05, 0) is 27.9 Å². The number of halogens is 1. The molecule has 0 fully saturated rings. The van der Waals surface area contributed by atoms with Gasteiger partial charge in [-0.1, -0.05) is 13.8 Å². The number of rotatable bonds is 7. The van der Waals surface area contributed by atoms with E-state index in [9.17, 15) is 8.42 Å². The van der Waals surface area contributed by atoms with Crippen molar-refractivity contribution in [3.05, 3.63) is 14.7 Å². The van der Waals surface area contributed by atoms with E-state index < -0.39 is 10.0 Å². The lowest BCUT2D eigenvalue weighted by molar-refractivity contribution is 0.157. The largest absolute Gasteiger partial charge is 0.391 e. The fraction of sp³-hybridized carbons (Fsp3) is 0.636. The Balaban J connectivity index is 2.99. The number of methoxy groups -OCH3 is 1. The molecule has 1 atom stereocenters. The third kappa shape index (κ3) is 4.51. The van der Waals surface area contributed by atoms with E-state index in [-0.39, 0.29) is 23.5 Å². The number of thiophene rings is 1. The molecule has 8 heteroatoms. The van der Waals surface area contributed by atoms with Gasteiger partial charge in [0, 0.05) is 18.0 Å². The quantitative estimate of drug-likeness (QED) is 0.767. The van der Waals surface area contributed by atoms with E-state index in [1.54, 1.807) is 0 Å². The standard InChI is InChI=1S/C11H18BrNO4S2/c1-7(2)9(6-17-3)13-19(15,16)10-4-8(5-14)18-11(10)12/h4,7,9,13-14H,5-6H2,1-3H3. The molecule has 1 heterocycles. The average molecular weight is 372 g/mol. The number of nitrogens with one attached hydrogen (secondary N) is 1. The molecule has 110 valence electrons. The summed E-state index contributed by atoms with van der Waals surface area (Å²) in [5.41, 5.74) is 0. The normalized spacial score (nSPS) is 14.0. The molecule has 0 aromatic carbocycles. The van der Waals surface area contributed by atoms with E-state index in [4.69, 9.17) is 9.84 Å². The highest BCUT2D eigenvalue weighted by molar-refractivity contribution is 9.11. The predicted octanol–water partition coefficient (Wildman–Crippen LogP) is 1.95. The summed E-state index contributed by atoms with van der Waals surface area (Å²) in [6.45, 7) is 3.98. The van der Waals surface area contributed by atoms with Crippen LogP contribution in [0.4, 0.5) is 0 Å². The molecule has 0 aliphatic rings. The van der Waals surface area contributed by atoms with Crippen molar-refractivity contribution < 1.29 is 18.3 Å². The molecular weight excluding hydrogens is 354 g/mol. The van der Waals surface area contributed by atoms with Crippen LogP contribution in [-0.2, 0) is 21.4 Å². The summed E-state index contributed by atoms with van der Waals surface area (Å²) in [4.78, 5) is 0.753. The van der Waals surface area contributed by atoms with Gasteiger partial charge in [0.1, 0.15) is 4.90 Å². The lowest BCUT2D eigenvalue weighted by Crippen LogP contribution is -2.41. The molecular formula is C11H18BrNO4S2. The second kappa shape index (κ2) is 7.14. The SMILES string of the molecule is COCC(NS(=O)(=O)c1cc(CO)sc1Br)C(C)C. The van der Waals surface area contributed by atoms with Crippen LogP contribution < -0.4 is 4.72 Å². The fourth-order valence-electron chi connectivity index (χ4n) is 1.46. The van der Waals surface area contributed by atoms with Crippen LogP contribution >= 0.6 is 27.3 Å². The van der Waals surface area contributed by atoms with E-state index in [1.807, 2.05) is 13.8 Å². The zero-order valence-corrected chi connectivity index (χ0v) is 14.2. The summed E-state index contributed by atoms with van der Waals surface area (Å²) in [5, 5.41) is 9.05. The Hall–Kier alpha value is 0.01000. The van der Waals surface area contributed by atoms with Crippen LogP contribution in [0.2, 0.25) is 0 Å². The van der Waals surface area contributed by atoms with Gasteiger partial charge >= 0.3 is 0 Å². The van der Waals surface area contributed by atoms with Gasteiger partial charge in [-0.15, -0.1) is 11.3 Å². The first-order chi connectivity index (χ1) is 8.81. The molecule has 1 aromatic rings. The van der Waals surface area contributed by atoms with Crippen molar-refractivity contribution in [2.45, 2.75) is 31.4 Å². The molecule has 0 spiro atoms. The summed E-state index contributed by atoms with van der Waals surface area (Å²) in [6.07, 6.45) is 0. The van der Waals surface area contributed by atoms with Gasteiger partial charge in [-0.25, -0.2) is 13.1 Å². The number of aliphatic hydroxyl groups excluding tert-OH is 1. The molecule has 0 bridgehead atoms. The summed E-state index contributed by atoms with van der Waals surface area (Å²) >= 11 is 4.42. The van der Waals surface area contributed by atoms with Gasteiger partial charge in [-0.2, -0.15) is 0 Å². The molecule has 5 nitrogen and oxygen atoms in total. The second-order valence-corrected chi connectivity index (χ2v) is 8.57. The van der Waals surface area contributed by atoms with Crippen molar-refractivity contribution >= 4 is 37.3 Å². The van der Waals surface area contributed by atoms with Gasteiger partial charge in [0.05, 0.1) is 17.0 Å². The van der Waals surface area contributed by atoms with Gasteiger partial charge in [0.15, 0.2) is 0 Å². The lowest BCUT2D eigenvalue weighted by Gasteiger charge is -2.21. The smallest absolute Gasteiger partial charge is 0.242 e. The first kappa shape index (κ1) is 17.1. The van der Waals surface area contributed by atoms with Crippen LogP contribution in [0.3, 0.4) is 0 Å². The summed E-state index contributed by atoms with van der Waals surface area (Å²) < 4.78 is 32.7. The summed E-state index contributed by atoms with van der Waals surface area (Å²) in [5.74, 6) is 0.115. The molecule has 0 amide bonds. The van der Waals surface area contributed by atoms with E-state index in [0.29, 0.717) is 15.3 Å². The third-order valence-electron chi connectivity index (χ3n) is 2.61. The number of hydrogen-bond donors (Lipinski definition) is 2. The predicted molar refractivity (Wildman–Crippen MR) is 78.8 cm³/mol. The number of ether oxygens (including phenoxy) is 1. The Bertz CT molecular complexity index is 513. The van der Waals surface area contributed by atoms with Crippen molar-refractivity contribution in [1.82, 2.24) is 4.72 Å². The Kier molecular flexibility index (Phi) is 6.41. The maximum atomic E-state index is 12.3. The minimum absolute atomic E-state index is 0.115. The molecule has 0 saturated carbocycles. The molecule has 1 unspecified atom stereocenters. The number of sulfonamides is 1. The highest BCUT2D eigenvalue weighted by Gasteiger charge is 2.25. The Morgan fingerprint density at radius 1 is 1.53 bits per heavy atom. The highest BCUT2D eigenvalue weighted by atomic mass is 79.9. The third-order valence-corrected chi connectivity index (χ3v) is 6.34. The molecule has 2 N–H and O–H groups in total. The molecule has 19 heavy (non-hydrogen) atoms. The fourth-order valence-corrected chi connectivity index (χ4v) is 5.38. The van der Waals surface area contributed by atoms with Gasteiger partial charge in [0.2, 0.25) is 10.0 Å². The van der Waals surface area contributed by atoms with E-state index in [1.165, 1.54) is 24.5 Å². The topological polar surface area (TPSA) is 75.6 Å². The average Bonchev–Trinajstić information content (AvgIpc) is 2.70. The Morgan fingerprint density at radius 3 is 2.58 bits per heavy atom. The van der Waals surface area contributed by atoms with Crippen LogP contribution in [0.1, 0.15) is 18.7 Å². The molecule has 1 aromatic heterocycles. The minimum Gasteiger partial charge on any atom is -0.391 e. The van der Waals surface area contributed by atoms with E-state index in [2.05, 4.69) is 20.7 Å². The van der Waals surface area contributed by atoms with E-state index in [0.717, 1.165) is 0 Å². The zero-order valence-electron chi connectivity index (χ0n) is 11.0. The van der Waals surface area contributed by atoms with Crippen LogP contribution in [0.25, 0.3) is 0 Å². The van der Waals surface area contributed by atoms with Gasteiger partial charge in [0.25, 0.3) is 0 Å². The van der Waals surface area contributed by atoms with Crippen LogP contribution in [0.15, 0.2) is 14.7 Å². The zero-order chi connectivity index (χ0) is 14.6. The van der Waals surface area contributed by atoms with Crippen LogP contribution in [0.5, 0.6) is 0 Å². The monoisotopic (exact) mass is 371 g/mol. The Labute approximate surface area is 126 Å². The molecule has 0 saturated heterocycles. The maximum Gasteiger partial charge on any atom is 0.242 e. The van der Waals surface area contributed by atoms with Gasteiger partial charge in [-0.3, -0.25) is 0 Å². The molecule has 0 radical (unpaired) electrons. The minimum atomic E-state index is -3.62. The first-order valence-electron chi connectivity index (χ1n) is 5.72. The Morgan fingerprint density at radius 2 is 2.16 bits per heavy atom. The highest BCUT2D eigenvalue weighted by Crippen LogP contribution is 2.31. The van der Waals surface area contributed by atoms with Crippen molar-refractivity contribution in [3.63, 3.8) is 0 Å². The maximum absolute atomic E-state index is 12.3. The molecule has 0 aliphatic carbocycles. The van der Waals surface area contributed by atoms with Crippen LogP contribution in [-0.4, -0.2) is 33.3 Å². The number of aliphatic hydroxyl groups is 1. The van der Waals surface area contributed by atoms with Crippen molar-refractivity contribution in [1.29, 1.82) is 0 Å². The van der Waals surface area contributed by atoms with Crippen LogP contribution in [0, 0.1) is 5.92 Å². The van der Waals surface area contributed by atoms with Crippen molar-refractivity contribution in [3.8, 4) is 0 Å². The second-order valence-electron chi connectivity index (χ2n) is 4.44. The first-order valence-corrected chi connectivity index (χ1v) is 8.81. The van der Waals surface area contributed by atoms with Crippen molar-refractivity contribution in [2.24, 2.45) is 5.92 Å². The summed E-state index contributed by atoms with van der Waals surface area (Å²) in [7, 11) is -2.09. The molecule has 1 rings (SSSR count).